The van der Waals surface area contributed by atoms with E-state index in [0.717, 1.165) is 49.3 Å². The summed E-state index contributed by atoms with van der Waals surface area (Å²) in [4.78, 5) is 14.8. The number of carbonyl (C=O) groups excluding carboxylic acids is 1. The molecular formula is C24H27ClN2O4. The zero-order valence-corrected chi connectivity index (χ0v) is 18.4. The molecule has 3 aromatic rings. The van der Waals surface area contributed by atoms with Crippen LogP contribution in [0.1, 0.15) is 29.0 Å². The third kappa shape index (κ3) is 5.79. The van der Waals surface area contributed by atoms with Gasteiger partial charge in [0.2, 0.25) is 0 Å². The van der Waals surface area contributed by atoms with Crippen molar-refractivity contribution in [3.05, 3.63) is 64.9 Å². The van der Waals surface area contributed by atoms with E-state index < -0.39 is 0 Å². The zero-order valence-electron chi connectivity index (χ0n) is 17.6. The largest absolute Gasteiger partial charge is 0.492 e. The minimum Gasteiger partial charge on any atom is -0.492 e. The number of rotatable bonds is 8. The van der Waals surface area contributed by atoms with Gasteiger partial charge in [0.25, 0.3) is 5.91 Å². The molecule has 1 N–H and O–H groups in total. The number of ether oxygens (including phenoxy) is 2. The van der Waals surface area contributed by atoms with Gasteiger partial charge in [0, 0.05) is 42.8 Å². The van der Waals surface area contributed by atoms with E-state index in [2.05, 4.69) is 17.3 Å². The Bertz CT molecular complexity index is 1030. The van der Waals surface area contributed by atoms with E-state index in [9.17, 15) is 4.79 Å². The van der Waals surface area contributed by atoms with Crippen LogP contribution in [0, 0.1) is 0 Å². The lowest BCUT2D eigenvalue weighted by molar-refractivity contribution is 0.0392. The van der Waals surface area contributed by atoms with E-state index in [-0.39, 0.29) is 11.7 Å². The first kappa shape index (κ1) is 21.7. The number of halogens is 1. The number of nitrogens with zero attached hydrogens (tertiary/aromatic N) is 1. The third-order valence-corrected chi connectivity index (χ3v) is 5.82. The van der Waals surface area contributed by atoms with Crippen molar-refractivity contribution in [3.63, 3.8) is 0 Å². The topological polar surface area (TPSA) is 63.9 Å². The summed E-state index contributed by atoms with van der Waals surface area (Å²) in [6.45, 7) is 3.54. The zero-order chi connectivity index (χ0) is 21.6. The first-order valence-electron chi connectivity index (χ1n) is 10.6. The Morgan fingerprint density at radius 1 is 1.19 bits per heavy atom. The van der Waals surface area contributed by atoms with Crippen LogP contribution in [-0.4, -0.2) is 50.3 Å². The molecule has 31 heavy (non-hydrogen) atoms. The maximum Gasteiger partial charge on any atom is 0.287 e. The van der Waals surface area contributed by atoms with Crippen molar-refractivity contribution in [2.24, 2.45) is 0 Å². The predicted octanol–water partition coefficient (Wildman–Crippen LogP) is 4.51. The number of amides is 1. The number of carbonyl (C=O) groups is 1. The van der Waals surface area contributed by atoms with Gasteiger partial charge in [0.05, 0.1) is 0 Å². The molecule has 4 rings (SSSR count). The highest BCUT2D eigenvalue weighted by Crippen LogP contribution is 2.23. The number of benzene rings is 2. The molecule has 0 atom stereocenters. The molecule has 1 aliphatic rings. The molecule has 0 bridgehead atoms. The Morgan fingerprint density at radius 2 is 2.03 bits per heavy atom. The quantitative estimate of drug-likeness (QED) is 0.556. The molecule has 1 aromatic heterocycles. The molecule has 0 unspecified atom stereocenters. The fourth-order valence-corrected chi connectivity index (χ4v) is 3.94. The van der Waals surface area contributed by atoms with Crippen molar-refractivity contribution in [1.82, 2.24) is 10.2 Å². The second-order valence-electron chi connectivity index (χ2n) is 7.80. The van der Waals surface area contributed by atoms with Gasteiger partial charge in [0.1, 0.15) is 17.9 Å². The van der Waals surface area contributed by atoms with Gasteiger partial charge in [-0.1, -0.05) is 23.7 Å². The highest BCUT2D eigenvalue weighted by atomic mass is 35.5. The van der Waals surface area contributed by atoms with Crippen molar-refractivity contribution in [2.45, 2.75) is 25.4 Å². The maximum atomic E-state index is 12.5. The third-order valence-electron chi connectivity index (χ3n) is 5.58. The van der Waals surface area contributed by atoms with E-state index >= 15 is 0 Å². The van der Waals surface area contributed by atoms with E-state index in [4.69, 9.17) is 25.5 Å². The summed E-state index contributed by atoms with van der Waals surface area (Å²) in [5, 5.41) is 4.31. The average molecular weight is 443 g/mol. The minimum atomic E-state index is -0.267. The molecule has 164 valence electrons. The van der Waals surface area contributed by atoms with E-state index in [1.807, 2.05) is 24.3 Å². The monoisotopic (exact) mass is 442 g/mol. The van der Waals surface area contributed by atoms with Crippen LogP contribution in [0.25, 0.3) is 11.0 Å². The first-order chi connectivity index (χ1) is 15.1. The average Bonchev–Trinajstić information content (AvgIpc) is 3.21. The van der Waals surface area contributed by atoms with Crippen molar-refractivity contribution in [2.75, 3.05) is 33.4 Å². The van der Waals surface area contributed by atoms with E-state index in [1.165, 1.54) is 0 Å². The van der Waals surface area contributed by atoms with Gasteiger partial charge in [-0.25, -0.2) is 0 Å². The van der Waals surface area contributed by atoms with Gasteiger partial charge in [0.15, 0.2) is 5.76 Å². The molecule has 1 fully saturated rings. The maximum absolute atomic E-state index is 12.5. The molecule has 1 amide bonds. The van der Waals surface area contributed by atoms with Crippen LogP contribution >= 0.6 is 11.6 Å². The number of hydrogen-bond acceptors (Lipinski definition) is 5. The summed E-state index contributed by atoms with van der Waals surface area (Å²) in [7, 11) is 2.14. The van der Waals surface area contributed by atoms with Crippen LogP contribution in [-0.2, 0) is 11.3 Å². The molecule has 0 spiro atoms. The summed E-state index contributed by atoms with van der Waals surface area (Å²) in [5.41, 5.74) is 1.60. The Hall–Kier alpha value is -2.54. The van der Waals surface area contributed by atoms with Gasteiger partial charge in [-0.05, 0) is 61.9 Å². The lowest BCUT2D eigenvalue weighted by Crippen LogP contribution is -2.38. The van der Waals surface area contributed by atoms with Gasteiger partial charge in [-0.3, -0.25) is 9.69 Å². The fraction of sp³-hybridized carbons (Fsp3) is 0.375. The van der Waals surface area contributed by atoms with Crippen LogP contribution < -0.4 is 10.1 Å². The highest BCUT2D eigenvalue weighted by molar-refractivity contribution is 6.31. The standard InChI is InChI=1S/C24H27ClN2O4/c1-27(20-7-10-29-11-8-20)9-12-30-21-4-2-3-17(13-21)16-26-24(28)23-15-18-14-19(25)5-6-22(18)31-23/h2-6,13-15,20H,7-12,16H2,1H3,(H,26,28). The SMILES string of the molecule is CN(CCOc1cccc(CNC(=O)c2cc3cc(Cl)ccc3o2)c1)C1CCOCC1. The Morgan fingerprint density at radius 3 is 2.87 bits per heavy atom. The van der Waals surface area contributed by atoms with Gasteiger partial charge in [-0.2, -0.15) is 0 Å². The smallest absolute Gasteiger partial charge is 0.287 e. The van der Waals surface area contributed by atoms with Crippen molar-refractivity contribution in [1.29, 1.82) is 0 Å². The lowest BCUT2D eigenvalue weighted by atomic mass is 10.1. The molecule has 7 heteroatoms. The molecule has 0 aliphatic carbocycles. The van der Waals surface area contributed by atoms with Crippen molar-refractivity contribution in [3.8, 4) is 5.75 Å². The lowest BCUT2D eigenvalue weighted by Gasteiger charge is -2.31. The van der Waals surface area contributed by atoms with Crippen LogP contribution in [0.15, 0.2) is 52.9 Å². The van der Waals surface area contributed by atoms with Crippen LogP contribution in [0.3, 0.4) is 0 Å². The van der Waals surface area contributed by atoms with Crippen molar-refractivity contribution < 1.29 is 18.7 Å². The summed E-state index contributed by atoms with van der Waals surface area (Å²) >= 11 is 5.99. The molecule has 0 saturated carbocycles. The number of furan rings is 1. The Balaban J connectivity index is 1.27. The fourth-order valence-electron chi connectivity index (χ4n) is 3.76. The molecular weight excluding hydrogens is 416 g/mol. The second-order valence-corrected chi connectivity index (χ2v) is 8.23. The van der Waals surface area contributed by atoms with Gasteiger partial charge < -0.3 is 19.2 Å². The van der Waals surface area contributed by atoms with E-state index in [0.29, 0.717) is 29.8 Å². The molecule has 6 nitrogen and oxygen atoms in total. The second kappa shape index (κ2) is 10.2. The Kier molecular flexibility index (Phi) is 7.12. The van der Waals surface area contributed by atoms with Gasteiger partial charge in [-0.15, -0.1) is 0 Å². The summed E-state index contributed by atoms with van der Waals surface area (Å²) in [6, 6.07) is 15.3. The summed E-state index contributed by atoms with van der Waals surface area (Å²) in [5.74, 6) is 0.794. The normalized spacial score (nSPS) is 14.8. The minimum absolute atomic E-state index is 0.265. The van der Waals surface area contributed by atoms with Crippen molar-refractivity contribution >= 4 is 28.5 Å². The predicted molar refractivity (Wildman–Crippen MR) is 121 cm³/mol. The van der Waals surface area contributed by atoms with Crippen LogP contribution in [0.2, 0.25) is 5.02 Å². The summed E-state index contributed by atoms with van der Waals surface area (Å²) < 4.78 is 17.0. The van der Waals surface area contributed by atoms with E-state index in [1.54, 1.807) is 24.3 Å². The van der Waals surface area contributed by atoms with Crippen LogP contribution in [0.5, 0.6) is 5.75 Å². The molecule has 1 aliphatic heterocycles. The Labute approximate surface area is 187 Å². The molecule has 0 radical (unpaired) electrons. The highest BCUT2D eigenvalue weighted by Gasteiger charge is 2.18. The van der Waals surface area contributed by atoms with Crippen LogP contribution in [0.4, 0.5) is 0 Å². The number of nitrogens with one attached hydrogen (secondary N) is 1. The van der Waals surface area contributed by atoms with Gasteiger partial charge >= 0.3 is 0 Å². The number of hydrogen-bond donors (Lipinski definition) is 1. The number of likely N-dealkylation sites (N-methyl/N-ethyl adjacent to an activating group) is 1. The summed E-state index contributed by atoms with van der Waals surface area (Å²) in [6.07, 6.45) is 2.15. The first-order valence-corrected chi connectivity index (χ1v) is 10.9. The molecule has 1 saturated heterocycles. The molecule has 2 aromatic carbocycles. The molecule has 2 heterocycles. The number of fused-ring (bicyclic) bond motifs is 1.